The van der Waals surface area contributed by atoms with Gasteiger partial charge in [0.15, 0.2) is 17.3 Å². The number of rotatable bonds is 6. The lowest BCUT2D eigenvalue weighted by molar-refractivity contribution is -0.122. The lowest BCUT2D eigenvalue weighted by atomic mass is 9.73. The minimum atomic E-state index is -0.283. The van der Waals surface area contributed by atoms with Crippen molar-refractivity contribution in [1.29, 1.82) is 0 Å². The molecule has 0 spiro atoms. The van der Waals surface area contributed by atoms with Gasteiger partial charge in [0.1, 0.15) is 5.75 Å². The second-order valence-electron chi connectivity index (χ2n) is 8.58. The molecule has 1 heterocycles. The molecule has 2 aromatic carbocycles. The van der Waals surface area contributed by atoms with Crippen LogP contribution in [0.1, 0.15) is 56.1 Å². The molecule has 1 amide bonds. The Labute approximate surface area is 188 Å². The Kier molecular flexibility index (Phi) is 6.21. The number of carbonyl (C=O) groups excluding carboxylic acids is 2. The number of hydrogen-bond donors (Lipinski definition) is 1. The number of methoxy groups -OCH3 is 2. The van der Waals surface area contributed by atoms with E-state index in [1.807, 2.05) is 56.3 Å². The Morgan fingerprint density at radius 2 is 1.56 bits per heavy atom. The summed E-state index contributed by atoms with van der Waals surface area (Å²) in [4.78, 5) is 25.9. The minimum absolute atomic E-state index is 0.0267. The normalized spacial score (nSPS) is 20.7. The molecule has 1 aliphatic heterocycles. The highest BCUT2D eigenvalue weighted by atomic mass is 16.5. The van der Waals surface area contributed by atoms with Gasteiger partial charge in [-0.3, -0.25) is 9.59 Å². The van der Waals surface area contributed by atoms with E-state index in [1.54, 1.807) is 14.2 Å². The van der Waals surface area contributed by atoms with Crippen LogP contribution in [0.25, 0.3) is 0 Å². The van der Waals surface area contributed by atoms with Gasteiger partial charge in [-0.1, -0.05) is 18.2 Å². The van der Waals surface area contributed by atoms with Gasteiger partial charge in [-0.05, 0) is 61.6 Å². The first-order valence-electron chi connectivity index (χ1n) is 10.9. The molecule has 0 unspecified atom stereocenters. The fraction of sp³-hybridized carbons (Fsp3) is 0.385. The smallest absolute Gasteiger partial charge is 0.225 e. The fourth-order valence-electron chi connectivity index (χ4n) is 4.64. The summed E-state index contributed by atoms with van der Waals surface area (Å²) in [6.45, 7) is 3.98. The number of hydrogen-bond acceptors (Lipinski definition) is 5. The van der Waals surface area contributed by atoms with Crippen molar-refractivity contribution in [3.05, 3.63) is 64.9 Å². The van der Waals surface area contributed by atoms with E-state index in [0.717, 1.165) is 22.6 Å². The Morgan fingerprint density at radius 1 is 0.875 bits per heavy atom. The minimum Gasteiger partial charge on any atom is -0.493 e. The predicted octanol–water partition coefficient (Wildman–Crippen LogP) is 4.50. The number of ether oxygens (including phenoxy) is 3. The van der Waals surface area contributed by atoms with Crippen LogP contribution in [-0.2, 0) is 9.59 Å². The first-order valence-corrected chi connectivity index (χ1v) is 10.9. The third-order valence-electron chi connectivity index (χ3n) is 6.07. The Hall–Kier alpha value is -3.28. The van der Waals surface area contributed by atoms with Crippen LogP contribution >= 0.6 is 0 Å². The summed E-state index contributed by atoms with van der Waals surface area (Å²) in [5.74, 6) is 1.77. The molecule has 0 aromatic heterocycles. The largest absolute Gasteiger partial charge is 0.493 e. The summed E-state index contributed by atoms with van der Waals surface area (Å²) in [5.41, 5.74) is 3.41. The highest BCUT2D eigenvalue weighted by Gasteiger charge is 2.38. The summed E-state index contributed by atoms with van der Waals surface area (Å²) in [7, 11) is 3.16. The lowest BCUT2D eigenvalue weighted by Gasteiger charge is -2.34. The number of ketones is 1. The zero-order chi connectivity index (χ0) is 22.8. The van der Waals surface area contributed by atoms with E-state index in [-0.39, 0.29) is 36.1 Å². The summed E-state index contributed by atoms with van der Waals surface area (Å²) in [6.07, 6.45) is 1.39. The van der Waals surface area contributed by atoms with Gasteiger partial charge >= 0.3 is 0 Å². The number of carbonyl (C=O) groups is 2. The number of allylic oxidation sites excluding steroid dienone is 2. The average Bonchev–Trinajstić information content (AvgIpc) is 2.77. The van der Waals surface area contributed by atoms with Crippen molar-refractivity contribution in [2.45, 2.75) is 51.0 Å². The van der Waals surface area contributed by atoms with Gasteiger partial charge in [0.25, 0.3) is 0 Å². The number of benzene rings is 2. The molecular formula is C26H29NO5. The molecule has 6 heteroatoms. The Bertz CT molecular complexity index is 1050. The molecule has 0 saturated heterocycles. The topological polar surface area (TPSA) is 73.9 Å². The molecular weight excluding hydrogens is 406 g/mol. The van der Waals surface area contributed by atoms with Crippen molar-refractivity contribution in [2.24, 2.45) is 0 Å². The molecule has 2 aromatic rings. The second kappa shape index (κ2) is 9.07. The summed E-state index contributed by atoms with van der Waals surface area (Å²) in [6, 6.07) is 13.5. The molecule has 168 valence electrons. The van der Waals surface area contributed by atoms with E-state index in [4.69, 9.17) is 14.2 Å². The number of Topliss-reactive ketones (excluding diaryl/α,β-unsaturated/α-hetero) is 1. The Morgan fingerprint density at radius 3 is 2.22 bits per heavy atom. The molecule has 0 bridgehead atoms. The van der Waals surface area contributed by atoms with Gasteiger partial charge in [-0.15, -0.1) is 0 Å². The standard InChI is InChI=1S/C26H29NO5/c1-15(2)32-19-8-5-16(6-9-19)18-11-21-26(22(28)12-18)20(14-25(29)27-21)17-7-10-23(30-3)24(13-17)31-4/h5-10,13,15,18,20H,11-12,14H2,1-4H3,(H,27,29)/t18-,20+/m1/s1. The van der Waals surface area contributed by atoms with Crippen LogP contribution in [0.2, 0.25) is 0 Å². The highest BCUT2D eigenvalue weighted by molar-refractivity contribution is 6.02. The van der Waals surface area contributed by atoms with Crippen LogP contribution < -0.4 is 19.5 Å². The summed E-state index contributed by atoms with van der Waals surface area (Å²) in [5, 5.41) is 2.98. The zero-order valence-electron chi connectivity index (χ0n) is 18.9. The highest BCUT2D eigenvalue weighted by Crippen LogP contribution is 2.44. The SMILES string of the molecule is COc1ccc([C@@H]2CC(=O)NC3=C2C(=O)C[C@H](c2ccc(OC(C)C)cc2)C3)cc1OC. The van der Waals surface area contributed by atoms with Gasteiger partial charge < -0.3 is 19.5 Å². The van der Waals surface area contributed by atoms with Gasteiger partial charge in [-0.2, -0.15) is 0 Å². The molecule has 0 radical (unpaired) electrons. The predicted molar refractivity (Wildman–Crippen MR) is 121 cm³/mol. The quantitative estimate of drug-likeness (QED) is 0.723. The van der Waals surface area contributed by atoms with Gasteiger partial charge in [0, 0.05) is 30.0 Å². The third kappa shape index (κ3) is 4.35. The van der Waals surface area contributed by atoms with E-state index in [9.17, 15) is 9.59 Å². The van der Waals surface area contributed by atoms with E-state index in [0.29, 0.717) is 29.9 Å². The number of nitrogens with one attached hydrogen (secondary N) is 1. The molecule has 0 saturated carbocycles. The summed E-state index contributed by atoms with van der Waals surface area (Å²) >= 11 is 0. The second-order valence-corrected chi connectivity index (χ2v) is 8.58. The zero-order valence-corrected chi connectivity index (χ0v) is 18.9. The molecule has 1 aliphatic carbocycles. The third-order valence-corrected chi connectivity index (χ3v) is 6.07. The molecule has 2 aliphatic rings. The van der Waals surface area contributed by atoms with Crippen LogP contribution in [0.3, 0.4) is 0 Å². The maximum Gasteiger partial charge on any atom is 0.225 e. The lowest BCUT2D eigenvalue weighted by Crippen LogP contribution is -2.38. The average molecular weight is 436 g/mol. The maximum absolute atomic E-state index is 13.3. The Balaban J connectivity index is 1.63. The van der Waals surface area contributed by atoms with Crippen molar-refractivity contribution in [1.82, 2.24) is 5.32 Å². The fourth-order valence-corrected chi connectivity index (χ4v) is 4.64. The maximum atomic E-state index is 13.3. The van der Waals surface area contributed by atoms with Gasteiger partial charge in [0.2, 0.25) is 5.91 Å². The van der Waals surface area contributed by atoms with E-state index in [1.165, 1.54) is 0 Å². The van der Waals surface area contributed by atoms with Crippen LogP contribution in [0.5, 0.6) is 17.2 Å². The van der Waals surface area contributed by atoms with Crippen molar-refractivity contribution < 1.29 is 23.8 Å². The molecule has 2 atom stereocenters. The molecule has 0 fully saturated rings. The summed E-state index contributed by atoms with van der Waals surface area (Å²) < 4.78 is 16.5. The monoisotopic (exact) mass is 435 g/mol. The van der Waals surface area contributed by atoms with E-state index >= 15 is 0 Å². The van der Waals surface area contributed by atoms with Gasteiger partial charge in [-0.25, -0.2) is 0 Å². The molecule has 1 N–H and O–H groups in total. The first kappa shape index (κ1) is 21.9. The van der Waals surface area contributed by atoms with Crippen LogP contribution in [0.4, 0.5) is 0 Å². The molecule has 32 heavy (non-hydrogen) atoms. The first-order chi connectivity index (χ1) is 15.4. The van der Waals surface area contributed by atoms with Crippen molar-refractivity contribution >= 4 is 11.7 Å². The van der Waals surface area contributed by atoms with Crippen LogP contribution in [0.15, 0.2) is 53.7 Å². The van der Waals surface area contributed by atoms with Crippen LogP contribution in [-0.4, -0.2) is 32.0 Å². The van der Waals surface area contributed by atoms with Crippen molar-refractivity contribution in [2.75, 3.05) is 14.2 Å². The molecule has 6 nitrogen and oxygen atoms in total. The number of amides is 1. The van der Waals surface area contributed by atoms with Gasteiger partial charge in [0.05, 0.1) is 20.3 Å². The van der Waals surface area contributed by atoms with Crippen molar-refractivity contribution in [3.8, 4) is 17.2 Å². The van der Waals surface area contributed by atoms with Crippen LogP contribution in [0, 0.1) is 0 Å². The van der Waals surface area contributed by atoms with E-state index < -0.39 is 0 Å². The molecule has 4 rings (SSSR count). The van der Waals surface area contributed by atoms with Crippen molar-refractivity contribution in [3.63, 3.8) is 0 Å². The van der Waals surface area contributed by atoms with E-state index in [2.05, 4.69) is 5.32 Å².